The highest BCUT2D eigenvalue weighted by Gasteiger charge is 2.20. The zero-order valence-electron chi connectivity index (χ0n) is 10.8. The molecule has 0 unspecified atom stereocenters. The molecule has 0 spiro atoms. The molecule has 5 nitrogen and oxygen atoms in total. The number of aryl methyl sites for hydroxylation is 1. The summed E-state index contributed by atoms with van der Waals surface area (Å²) in [5, 5.41) is 9.93. The van der Waals surface area contributed by atoms with Gasteiger partial charge in [0.25, 0.3) is 0 Å². The van der Waals surface area contributed by atoms with Gasteiger partial charge in [0.15, 0.2) is 0 Å². The molecule has 7 heteroatoms. The van der Waals surface area contributed by atoms with Gasteiger partial charge in [-0.15, -0.1) is 0 Å². The second-order valence-electron chi connectivity index (χ2n) is 4.34. The molecule has 0 bridgehead atoms. The molecular formula is C13H15FN2O3S. The minimum absolute atomic E-state index is 0.228. The standard InChI is InChI=1S/C13H15FN2O3S/c1-16-8-4-6-11(16)12(17)9-15-20(18,19)13-7-3-2-5-10(13)14/h2-8,12,15,17H,9H2,1H3/t12-/m1/s1. The first-order valence-corrected chi connectivity index (χ1v) is 7.43. The van der Waals surface area contributed by atoms with Crippen molar-refractivity contribution in [2.24, 2.45) is 7.05 Å². The van der Waals surface area contributed by atoms with Crippen LogP contribution in [0.2, 0.25) is 0 Å². The maximum atomic E-state index is 13.5. The van der Waals surface area contributed by atoms with Gasteiger partial charge in [0.1, 0.15) is 16.8 Å². The Balaban J connectivity index is 2.11. The third-order valence-electron chi connectivity index (χ3n) is 2.92. The summed E-state index contributed by atoms with van der Waals surface area (Å²) >= 11 is 0. The molecule has 1 atom stereocenters. The van der Waals surface area contributed by atoms with Crippen molar-refractivity contribution in [3.63, 3.8) is 0 Å². The smallest absolute Gasteiger partial charge is 0.243 e. The van der Waals surface area contributed by atoms with E-state index >= 15 is 0 Å². The van der Waals surface area contributed by atoms with Gasteiger partial charge in [-0.1, -0.05) is 12.1 Å². The van der Waals surface area contributed by atoms with E-state index in [1.807, 2.05) is 0 Å². The number of aliphatic hydroxyl groups excluding tert-OH is 1. The van der Waals surface area contributed by atoms with Gasteiger partial charge in [-0.3, -0.25) is 0 Å². The van der Waals surface area contributed by atoms with Crippen molar-refractivity contribution < 1.29 is 17.9 Å². The van der Waals surface area contributed by atoms with Crippen LogP contribution in [0, 0.1) is 5.82 Å². The van der Waals surface area contributed by atoms with E-state index in [-0.39, 0.29) is 6.54 Å². The van der Waals surface area contributed by atoms with E-state index in [0.29, 0.717) is 5.69 Å². The largest absolute Gasteiger partial charge is 0.386 e. The SMILES string of the molecule is Cn1cccc1[C@H](O)CNS(=O)(=O)c1ccccc1F. The second kappa shape index (κ2) is 5.74. The fraction of sp³-hybridized carbons (Fsp3) is 0.231. The molecule has 1 aromatic heterocycles. The van der Waals surface area contributed by atoms with Crippen molar-refractivity contribution in [3.05, 3.63) is 54.1 Å². The molecule has 20 heavy (non-hydrogen) atoms. The highest BCUT2D eigenvalue weighted by Crippen LogP contribution is 2.15. The van der Waals surface area contributed by atoms with Gasteiger partial charge < -0.3 is 9.67 Å². The molecule has 0 aliphatic heterocycles. The number of nitrogens with one attached hydrogen (secondary N) is 1. The Hall–Kier alpha value is -1.70. The van der Waals surface area contributed by atoms with Crippen molar-refractivity contribution in [1.29, 1.82) is 0 Å². The lowest BCUT2D eigenvalue weighted by atomic mass is 10.2. The van der Waals surface area contributed by atoms with Gasteiger partial charge in [-0.05, 0) is 24.3 Å². The summed E-state index contributed by atoms with van der Waals surface area (Å²) in [5.41, 5.74) is 0.571. The molecule has 2 aromatic rings. The lowest BCUT2D eigenvalue weighted by Gasteiger charge is -2.13. The Kier molecular flexibility index (Phi) is 4.22. The van der Waals surface area contributed by atoms with Gasteiger partial charge in [-0.25, -0.2) is 17.5 Å². The minimum Gasteiger partial charge on any atom is -0.386 e. The Morgan fingerprint density at radius 2 is 2.00 bits per heavy atom. The number of aromatic nitrogens is 1. The van der Waals surface area contributed by atoms with E-state index in [1.54, 1.807) is 29.9 Å². The van der Waals surface area contributed by atoms with Crippen LogP contribution in [-0.4, -0.2) is 24.6 Å². The van der Waals surface area contributed by atoms with Crippen LogP contribution in [0.5, 0.6) is 0 Å². The van der Waals surface area contributed by atoms with Crippen LogP contribution in [-0.2, 0) is 17.1 Å². The summed E-state index contributed by atoms with van der Waals surface area (Å²) in [4.78, 5) is -0.431. The molecule has 108 valence electrons. The van der Waals surface area contributed by atoms with Crippen LogP contribution in [0.4, 0.5) is 4.39 Å². The van der Waals surface area contributed by atoms with Crippen LogP contribution >= 0.6 is 0 Å². The van der Waals surface area contributed by atoms with E-state index in [1.165, 1.54) is 18.2 Å². The first-order chi connectivity index (χ1) is 9.42. The third kappa shape index (κ3) is 3.06. The molecule has 0 aliphatic rings. The number of aliphatic hydroxyl groups is 1. The summed E-state index contributed by atoms with van der Waals surface area (Å²) in [5.74, 6) is -0.826. The predicted octanol–water partition coefficient (Wildman–Crippen LogP) is 1.18. The number of benzene rings is 1. The molecule has 0 saturated heterocycles. The average molecular weight is 298 g/mol. The Morgan fingerprint density at radius 1 is 1.30 bits per heavy atom. The normalized spacial score (nSPS) is 13.3. The monoisotopic (exact) mass is 298 g/mol. The van der Waals surface area contributed by atoms with Crippen LogP contribution in [0.3, 0.4) is 0 Å². The maximum absolute atomic E-state index is 13.5. The van der Waals surface area contributed by atoms with Gasteiger partial charge >= 0.3 is 0 Å². The van der Waals surface area contributed by atoms with Crippen LogP contribution in [0.15, 0.2) is 47.5 Å². The number of hydrogen-bond acceptors (Lipinski definition) is 3. The molecular weight excluding hydrogens is 283 g/mol. The van der Waals surface area contributed by atoms with E-state index in [9.17, 15) is 17.9 Å². The zero-order chi connectivity index (χ0) is 14.8. The first-order valence-electron chi connectivity index (χ1n) is 5.95. The predicted molar refractivity (Wildman–Crippen MR) is 72.0 cm³/mol. The lowest BCUT2D eigenvalue weighted by Crippen LogP contribution is -2.29. The number of nitrogens with zero attached hydrogens (tertiary/aromatic N) is 1. The van der Waals surface area contributed by atoms with Crippen molar-refractivity contribution >= 4 is 10.0 Å². The van der Waals surface area contributed by atoms with E-state index in [2.05, 4.69) is 4.72 Å². The van der Waals surface area contributed by atoms with Crippen LogP contribution < -0.4 is 4.72 Å². The zero-order valence-corrected chi connectivity index (χ0v) is 11.6. The van der Waals surface area contributed by atoms with Gasteiger partial charge in [0, 0.05) is 25.5 Å². The van der Waals surface area contributed by atoms with Gasteiger partial charge in [0.05, 0.1) is 0 Å². The highest BCUT2D eigenvalue weighted by molar-refractivity contribution is 7.89. The molecule has 0 fully saturated rings. The summed E-state index contributed by atoms with van der Waals surface area (Å²) in [6, 6.07) is 8.51. The summed E-state index contributed by atoms with van der Waals surface area (Å²) in [6.45, 7) is -0.228. The molecule has 2 rings (SSSR count). The van der Waals surface area contributed by atoms with E-state index < -0.39 is 26.8 Å². The minimum atomic E-state index is -3.98. The Morgan fingerprint density at radius 3 is 2.60 bits per heavy atom. The molecule has 0 radical (unpaired) electrons. The third-order valence-corrected chi connectivity index (χ3v) is 4.38. The van der Waals surface area contributed by atoms with Gasteiger partial charge in [0.2, 0.25) is 10.0 Å². The van der Waals surface area contributed by atoms with Crippen molar-refractivity contribution in [2.75, 3.05) is 6.54 Å². The van der Waals surface area contributed by atoms with Crippen LogP contribution in [0.1, 0.15) is 11.8 Å². The average Bonchev–Trinajstić information content (AvgIpc) is 2.83. The van der Waals surface area contributed by atoms with Crippen LogP contribution in [0.25, 0.3) is 0 Å². The number of rotatable bonds is 5. The Bertz CT molecular complexity index is 697. The highest BCUT2D eigenvalue weighted by atomic mass is 32.2. The topological polar surface area (TPSA) is 71.3 Å². The molecule has 2 N–H and O–H groups in total. The van der Waals surface area contributed by atoms with E-state index in [0.717, 1.165) is 6.07 Å². The van der Waals surface area contributed by atoms with Crippen molar-refractivity contribution in [1.82, 2.24) is 9.29 Å². The van der Waals surface area contributed by atoms with Crippen molar-refractivity contribution in [3.8, 4) is 0 Å². The maximum Gasteiger partial charge on any atom is 0.243 e. The fourth-order valence-corrected chi connectivity index (χ4v) is 2.97. The van der Waals surface area contributed by atoms with E-state index in [4.69, 9.17) is 0 Å². The summed E-state index contributed by atoms with van der Waals surface area (Å²) < 4.78 is 41.2. The number of halogens is 1. The number of hydrogen-bond donors (Lipinski definition) is 2. The number of sulfonamides is 1. The first kappa shape index (κ1) is 14.7. The second-order valence-corrected chi connectivity index (χ2v) is 6.08. The molecule has 1 aromatic carbocycles. The lowest BCUT2D eigenvalue weighted by molar-refractivity contribution is 0.173. The molecule has 0 saturated carbocycles. The fourth-order valence-electron chi connectivity index (χ4n) is 1.85. The summed E-state index contributed by atoms with van der Waals surface area (Å²) in [6.07, 6.45) is 0.737. The van der Waals surface area contributed by atoms with Gasteiger partial charge in [-0.2, -0.15) is 0 Å². The molecule has 1 heterocycles. The van der Waals surface area contributed by atoms with Crippen molar-refractivity contribution in [2.45, 2.75) is 11.0 Å². The Labute approximate surface area is 116 Å². The quantitative estimate of drug-likeness (QED) is 0.870. The molecule has 0 aliphatic carbocycles. The molecule has 0 amide bonds. The summed E-state index contributed by atoms with van der Waals surface area (Å²) in [7, 11) is -2.24.